The Labute approximate surface area is 184 Å². The van der Waals surface area contributed by atoms with Gasteiger partial charge in [-0.25, -0.2) is 9.78 Å². The topological polar surface area (TPSA) is 88.6 Å². The molecule has 2 amide bonds. The Hall–Kier alpha value is -3.52. The maximum atomic E-state index is 12.3. The number of amides is 2. The van der Waals surface area contributed by atoms with Gasteiger partial charge in [-0.15, -0.1) is 11.3 Å². The van der Waals surface area contributed by atoms with Crippen LogP contribution in [0.4, 0.5) is 10.8 Å². The molecular formula is C23H23N3O4S. The summed E-state index contributed by atoms with van der Waals surface area (Å²) in [5.41, 5.74) is 2.67. The molecule has 1 atom stereocenters. The highest BCUT2D eigenvalue weighted by Gasteiger charge is 2.20. The monoisotopic (exact) mass is 437 g/mol. The van der Waals surface area contributed by atoms with Crippen molar-refractivity contribution in [2.75, 3.05) is 4.90 Å². The van der Waals surface area contributed by atoms with Gasteiger partial charge >= 0.3 is 5.97 Å². The summed E-state index contributed by atoms with van der Waals surface area (Å²) in [5, 5.41) is 4.86. The second kappa shape index (κ2) is 9.99. The molecule has 3 rings (SSSR count). The molecule has 7 nitrogen and oxygen atoms in total. The first-order valence-corrected chi connectivity index (χ1v) is 10.6. The van der Waals surface area contributed by atoms with Crippen LogP contribution in [0, 0.1) is 6.92 Å². The van der Waals surface area contributed by atoms with Crippen molar-refractivity contribution in [1.82, 2.24) is 10.3 Å². The van der Waals surface area contributed by atoms with Crippen molar-refractivity contribution < 1.29 is 19.1 Å². The number of thiazole rings is 1. The standard InChI is InChI=1S/C23H23N3O4S/c1-15-8-7-9-18(12-15)21(28)24-16(2)22(29)30-13-19-14-31-23(25-19)26(17(3)27)20-10-5-4-6-11-20/h4-12,14,16H,13H2,1-3H3,(H,24,28). The number of hydrogen-bond donors (Lipinski definition) is 1. The number of anilines is 2. The number of nitrogens with one attached hydrogen (secondary N) is 1. The fourth-order valence-corrected chi connectivity index (χ4v) is 3.74. The van der Waals surface area contributed by atoms with Crippen LogP contribution in [-0.4, -0.2) is 28.8 Å². The lowest BCUT2D eigenvalue weighted by Gasteiger charge is -2.17. The normalized spacial score (nSPS) is 11.5. The smallest absolute Gasteiger partial charge is 0.328 e. The first-order valence-electron chi connectivity index (χ1n) is 9.69. The van der Waals surface area contributed by atoms with Crippen molar-refractivity contribution in [1.29, 1.82) is 0 Å². The third-order valence-electron chi connectivity index (χ3n) is 4.40. The van der Waals surface area contributed by atoms with Gasteiger partial charge in [-0.05, 0) is 38.1 Å². The van der Waals surface area contributed by atoms with E-state index in [2.05, 4.69) is 10.3 Å². The van der Waals surface area contributed by atoms with Crippen LogP contribution in [0.15, 0.2) is 60.0 Å². The molecule has 0 saturated heterocycles. The minimum atomic E-state index is -0.816. The number of aromatic nitrogens is 1. The van der Waals surface area contributed by atoms with E-state index in [1.807, 2.05) is 43.3 Å². The van der Waals surface area contributed by atoms with Gasteiger partial charge in [0.15, 0.2) is 5.13 Å². The van der Waals surface area contributed by atoms with Crippen LogP contribution < -0.4 is 10.2 Å². The Kier molecular flexibility index (Phi) is 7.15. The Bertz CT molecular complexity index is 1080. The SMILES string of the molecule is CC(=O)N(c1ccccc1)c1nc(COC(=O)C(C)NC(=O)c2cccc(C)c2)cs1. The van der Waals surface area contributed by atoms with Crippen molar-refractivity contribution in [2.24, 2.45) is 0 Å². The minimum absolute atomic E-state index is 0.0550. The molecule has 1 heterocycles. The number of ether oxygens (including phenoxy) is 1. The van der Waals surface area contributed by atoms with Crippen LogP contribution >= 0.6 is 11.3 Å². The summed E-state index contributed by atoms with van der Waals surface area (Å²) >= 11 is 1.28. The van der Waals surface area contributed by atoms with Gasteiger partial charge < -0.3 is 10.1 Å². The summed E-state index contributed by atoms with van der Waals surface area (Å²) in [6.45, 7) is 4.87. The summed E-state index contributed by atoms with van der Waals surface area (Å²) in [6, 6.07) is 15.5. The molecule has 0 aliphatic carbocycles. The van der Waals surface area contributed by atoms with Crippen molar-refractivity contribution in [2.45, 2.75) is 33.4 Å². The van der Waals surface area contributed by atoms with Gasteiger partial charge in [0, 0.05) is 17.9 Å². The molecule has 3 aromatic rings. The summed E-state index contributed by atoms with van der Waals surface area (Å²) in [6.07, 6.45) is 0. The number of carbonyl (C=O) groups excluding carboxylic acids is 3. The fraction of sp³-hybridized carbons (Fsp3) is 0.217. The quantitative estimate of drug-likeness (QED) is 0.565. The van der Waals surface area contributed by atoms with Gasteiger partial charge in [0.05, 0.1) is 11.4 Å². The summed E-state index contributed by atoms with van der Waals surface area (Å²) in [7, 11) is 0. The van der Waals surface area contributed by atoms with Crippen molar-refractivity contribution in [3.05, 3.63) is 76.8 Å². The van der Waals surface area contributed by atoms with Crippen molar-refractivity contribution >= 4 is 39.9 Å². The number of para-hydroxylation sites is 1. The zero-order valence-electron chi connectivity index (χ0n) is 17.5. The molecule has 8 heteroatoms. The van der Waals surface area contributed by atoms with E-state index in [-0.39, 0.29) is 18.4 Å². The Morgan fingerprint density at radius 3 is 2.55 bits per heavy atom. The highest BCUT2D eigenvalue weighted by molar-refractivity contribution is 7.14. The predicted molar refractivity (Wildman–Crippen MR) is 119 cm³/mol. The fourth-order valence-electron chi connectivity index (χ4n) is 2.86. The number of hydrogen-bond acceptors (Lipinski definition) is 6. The highest BCUT2D eigenvalue weighted by atomic mass is 32.1. The van der Waals surface area contributed by atoms with E-state index in [0.717, 1.165) is 5.56 Å². The highest BCUT2D eigenvalue weighted by Crippen LogP contribution is 2.28. The molecule has 31 heavy (non-hydrogen) atoms. The first kappa shape index (κ1) is 22.2. The lowest BCUT2D eigenvalue weighted by atomic mass is 10.1. The van der Waals surface area contributed by atoms with E-state index in [1.165, 1.54) is 23.2 Å². The second-order valence-corrected chi connectivity index (χ2v) is 7.82. The van der Waals surface area contributed by atoms with E-state index in [9.17, 15) is 14.4 Å². The molecule has 1 aromatic heterocycles. The average Bonchev–Trinajstić information content (AvgIpc) is 3.20. The molecule has 0 bridgehead atoms. The van der Waals surface area contributed by atoms with Gasteiger partial charge in [0.1, 0.15) is 12.6 Å². The Balaban J connectivity index is 1.59. The van der Waals surface area contributed by atoms with Crippen molar-refractivity contribution in [3.8, 4) is 0 Å². The second-order valence-electron chi connectivity index (χ2n) is 6.98. The van der Waals surface area contributed by atoms with Gasteiger partial charge in [-0.2, -0.15) is 0 Å². The molecule has 0 aliphatic heterocycles. The molecule has 160 valence electrons. The van der Waals surface area contributed by atoms with Crippen LogP contribution in [-0.2, 0) is 20.9 Å². The van der Waals surface area contributed by atoms with Crippen LogP contribution in [0.5, 0.6) is 0 Å². The molecule has 0 fully saturated rings. The third-order valence-corrected chi connectivity index (χ3v) is 5.28. The van der Waals surface area contributed by atoms with Crippen LogP contribution in [0.3, 0.4) is 0 Å². The summed E-state index contributed by atoms with van der Waals surface area (Å²) < 4.78 is 5.30. The third kappa shape index (κ3) is 5.76. The van der Waals surface area contributed by atoms with Crippen LogP contribution in [0.25, 0.3) is 0 Å². The number of aryl methyl sites for hydroxylation is 1. The number of nitrogens with zero attached hydrogens (tertiary/aromatic N) is 2. The maximum absolute atomic E-state index is 12.3. The summed E-state index contributed by atoms with van der Waals surface area (Å²) in [5.74, 6) is -1.08. The first-order chi connectivity index (χ1) is 14.8. The molecule has 0 saturated carbocycles. The van der Waals surface area contributed by atoms with Gasteiger partial charge in [-0.1, -0.05) is 35.9 Å². The number of rotatable bonds is 7. The van der Waals surface area contributed by atoms with Gasteiger partial charge in [0.2, 0.25) is 5.91 Å². The minimum Gasteiger partial charge on any atom is -0.458 e. The molecule has 1 N–H and O–H groups in total. The van der Waals surface area contributed by atoms with Gasteiger partial charge in [0.25, 0.3) is 5.91 Å². The Morgan fingerprint density at radius 1 is 1.13 bits per heavy atom. The van der Waals surface area contributed by atoms with E-state index < -0.39 is 12.0 Å². The van der Waals surface area contributed by atoms with E-state index in [0.29, 0.717) is 22.1 Å². The number of benzene rings is 2. The van der Waals surface area contributed by atoms with Gasteiger partial charge in [-0.3, -0.25) is 14.5 Å². The lowest BCUT2D eigenvalue weighted by Crippen LogP contribution is -2.39. The predicted octanol–water partition coefficient (Wildman–Crippen LogP) is 4.00. The van der Waals surface area contributed by atoms with E-state index >= 15 is 0 Å². The largest absolute Gasteiger partial charge is 0.458 e. The zero-order valence-corrected chi connectivity index (χ0v) is 18.3. The van der Waals surface area contributed by atoms with E-state index in [1.54, 1.807) is 30.5 Å². The van der Waals surface area contributed by atoms with Crippen LogP contribution in [0.2, 0.25) is 0 Å². The molecule has 1 unspecified atom stereocenters. The average molecular weight is 438 g/mol. The molecule has 2 aromatic carbocycles. The van der Waals surface area contributed by atoms with Crippen molar-refractivity contribution in [3.63, 3.8) is 0 Å². The lowest BCUT2D eigenvalue weighted by molar-refractivity contribution is -0.146. The number of esters is 1. The van der Waals surface area contributed by atoms with Crippen LogP contribution in [0.1, 0.15) is 35.5 Å². The maximum Gasteiger partial charge on any atom is 0.328 e. The summed E-state index contributed by atoms with van der Waals surface area (Å²) in [4.78, 5) is 42.6. The molecular weight excluding hydrogens is 414 g/mol. The zero-order chi connectivity index (χ0) is 22.4. The van der Waals surface area contributed by atoms with E-state index in [4.69, 9.17) is 4.74 Å². The molecule has 0 spiro atoms. The molecule has 0 aliphatic rings. The molecule has 0 radical (unpaired) electrons. The Morgan fingerprint density at radius 2 is 1.87 bits per heavy atom. The number of carbonyl (C=O) groups is 3.